The Balaban J connectivity index is 3.80. The normalized spacial score (nSPS) is 15.1. The molecule has 0 aliphatic heterocycles. The highest BCUT2D eigenvalue weighted by molar-refractivity contribution is 5.73. The summed E-state index contributed by atoms with van der Waals surface area (Å²) in [4.78, 5) is 10.9. The first-order valence-corrected chi connectivity index (χ1v) is 5.56. The molecule has 0 spiro atoms. The first kappa shape index (κ1) is 15.3. The molecule has 0 aromatic heterocycles. The maximum absolute atomic E-state index is 10.9. The van der Waals surface area contributed by atoms with Crippen LogP contribution in [0.5, 0.6) is 0 Å². The molecule has 0 aliphatic rings. The van der Waals surface area contributed by atoms with E-state index in [-0.39, 0.29) is 12.1 Å². The minimum atomic E-state index is -0.836. The summed E-state index contributed by atoms with van der Waals surface area (Å²) in [6.07, 6.45) is 0.458. The van der Waals surface area contributed by atoms with Gasteiger partial charge in [-0.15, -0.1) is 0 Å². The Morgan fingerprint density at radius 3 is 2.44 bits per heavy atom. The van der Waals surface area contributed by atoms with Crippen molar-refractivity contribution in [2.24, 2.45) is 0 Å². The molecule has 0 bridgehead atoms. The van der Waals surface area contributed by atoms with Gasteiger partial charge < -0.3 is 19.9 Å². The van der Waals surface area contributed by atoms with Crippen molar-refractivity contribution in [2.75, 3.05) is 20.3 Å². The molecule has 0 aromatic carbocycles. The van der Waals surface area contributed by atoms with E-state index < -0.39 is 12.0 Å². The van der Waals surface area contributed by atoms with Crippen molar-refractivity contribution in [3.63, 3.8) is 0 Å². The Hall–Kier alpha value is -0.650. The molecular formula is C11H23NO4. The van der Waals surface area contributed by atoms with Gasteiger partial charge in [-0.2, -0.15) is 0 Å². The molecule has 0 heterocycles. The van der Waals surface area contributed by atoms with Crippen LogP contribution in [0.4, 0.5) is 0 Å². The zero-order chi connectivity index (χ0) is 12.6. The van der Waals surface area contributed by atoms with E-state index in [9.17, 15) is 4.79 Å². The van der Waals surface area contributed by atoms with Crippen molar-refractivity contribution < 1.29 is 19.4 Å². The lowest BCUT2D eigenvalue weighted by atomic mass is 10.2. The number of carbonyl (C=O) groups is 1. The molecule has 0 rings (SSSR count). The Labute approximate surface area is 97.1 Å². The van der Waals surface area contributed by atoms with E-state index in [0.717, 1.165) is 0 Å². The molecule has 0 aromatic rings. The van der Waals surface area contributed by atoms with Crippen molar-refractivity contribution in [2.45, 2.75) is 45.4 Å². The Morgan fingerprint density at radius 2 is 2.00 bits per heavy atom. The standard InChI is InChI=1S/C11H23NO4/c1-8(2)12-10(11(13)14)5-6-16-9(3)7-15-4/h8-10,12H,5-7H2,1-4H3,(H,13,14). The summed E-state index contributed by atoms with van der Waals surface area (Å²) < 4.78 is 10.3. The lowest BCUT2D eigenvalue weighted by Gasteiger charge is -2.18. The highest BCUT2D eigenvalue weighted by Gasteiger charge is 2.17. The van der Waals surface area contributed by atoms with Gasteiger partial charge >= 0.3 is 5.97 Å². The Morgan fingerprint density at radius 1 is 1.38 bits per heavy atom. The number of rotatable bonds is 9. The molecule has 16 heavy (non-hydrogen) atoms. The molecule has 0 saturated heterocycles. The SMILES string of the molecule is COCC(C)OCCC(NC(C)C)C(=O)O. The van der Waals surface area contributed by atoms with Crippen LogP contribution in [-0.2, 0) is 14.3 Å². The van der Waals surface area contributed by atoms with Crippen molar-refractivity contribution in [1.29, 1.82) is 0 Å². The van der Waals surface area contributed by atoms with Crippen molar-refractivity contribution >= 4 is 5.97 Å². The third kappa shape index (κ3) is 7.62. The van der Waals surface area contributed by atoms with Gasteiger partial charge in [-0.05, 0) is 13.3 Å². The first-order valence-electron chi connectivity index (χ1n) is 5.56. The number of nitrogens with one attached hydrogen (secondary N) is 1. The highest BCUT2D eigenvalue weighted by atomic mass is 16.5. The van der Waals surface area contributed by atoms with Crippen LogP contribution in [0.15, 0.2) is 0 Å². The van der Waals surface area contributed by atoms with Crippen molar-refractivity contribution in [1.82, 2.24) is 5.32 Å². The molecule has 0 fully saturated rings. The predicted molar refractivity (Wildman–Crippen MR) is 61.6 cm³/mol. The number of carboxylic acids is 1. The van der Waals surface area contributed by atoms with E-state index in [2.05, 4.69) is 5.32 Å². The number of aliphatic carboxylic acids is 1. The third-order valence-electron chi connectivity index (χ3n) is 2.04. The van der Waals surface area contributed by atoms with Crippen molar-refractivity contribution in [3.8, 4) is 0 Å². The minimum absolute atomic E-state index is 0.00139. The lowest BCUT2D eigenvalue weighted by molar-refractivity contribution is -0.140. The van der Waals surface area contributed by atoms with E-state index in [4.69, 9.17) is 14.6 Å². The van der Waals surface area contributed by atoms with E-state index in [1.54, 1.807) is 7.11 Å². The van der Waals surface area contributed by atoms with Crippen LogP contribution < -0.4 is 5.32 Å². The van der Waals surface area contributed by atoms with Gasteiger partial charge in [0, 0.05) is 19.8 Å². The summed E-state index contributed by atoms with van der Waals surface area (Å²) in [5.74, 6) is -0.836. The summed E-state index contributed by atoms with van der Waals surface area (Å²) in [7, 11) is 1.61. The van der Waals surface area contributed by atoms with E-state index in [1.807, 2.05) is 20.8 Å². The summed E-state index contributed by atoms with van der Waals surface area (Å²) in [5.41, 5.74) is 0. The number of methoxy groups -OCH3 is 1. The Kier molecular flexibility index (Phi) is 8.15. The van der Waals surface area contributed by atoms with Crippen LogP contribution in [0.2, 0.25) is 0 Å². The zero-order valence-electron chi connectivity index (χ0n) is 10.5. The summed E-state index contributed by atoms with van der Waals surface area (Å²) in [5, 5.41) is 11.9. The van der Waals surface area contributed by atoms with E-state index >= 15 is 0 Å². The van der Waals surface area contributed by atoms with Gasteiger partial charge in [0.05, 0.1) is 12.7 Å². The molecule has 2 N–H and O–H groups in total. The second-order valence-electron chi connectivity index (χ2n) is 4.14. The quantitative estimate of drug-likeness (QED) is 0.619. The molecule has 0 aliphatic carbocycles. The average molecular weight is 233 g/mol. The zero-order valence-corrected chi connectivity index (χ0v) is 10.5. The van der Waals surface area contributed by atoms with Gasteiger partial charge in [0.2, 0.25) is 0 Å². The van der Waals surface area contributed by atoms with Crippen LogP contribution in [0.25, 0.3) is 0 Å². The van der Waals surface area contributed by atoms with Crippen LogP contribution in [0.3, 0.4) is 0 Å². The maximum Gasteiger partial charge on any atom is 0.320 e. The molecule has 0 amide bonds. The van der Waals surface area contributed by atoms with Crippen LogP contribution >= 0.6 is 0 Å². The fraction of sp³-hybridized carbons (Fsp3) is 0.909. The first-order chi connectivity index (χ1) is 7.47. The molecule has 5 nitrogen and oxygen atoms in total. The highest BCUT2D eigenvalue weighted by Crippen LogP contribution is 1.99. The second-order valence-corrected chi connectivity index (χ2v) is 4.14. The second kappa shape index (κ2) is 8.50. The van der Waals surface area contributed by atoms with Crippen molar-refractivity contribution in [3.05, 3.63) is 0 Å². The van der Waals surface area contributed by atoms with E-state index in [0.29, 0.717) is 19.6 Å². The number of hydrogen-bond donors (Lipinski definition) is 2. The Bertz CT molecular complexity index is 196. The fourth-order valence-corrected chi connectivity index (χ4v) is 1.35. The molecule has 0 radical (unpaired) electrons. The average Bonchev–Trinajstić information content (AvgIpc) is 2.15. The minimum Gasteiger partial charge on any atom is -0.480 e. The summed E-state index contributed by atoms with van der Waals surface area (Å²) in [6, 6.07) is -0.396. The van der Waals surface area contributed by atoms with Gasteiger partial charge in [0.1, 0.15) is 6.04 Å². The topological polar surface area (TPSA) is 67.8 Å². The number of ether oxygens (including phenoxy) is 2. The monoisotopic (exact) mass is 233 g/mol. The molecule has 96 valence electrons. The van der Waals surface area contributed by atoms with Crippen LogP contribution in [0.1, 0.15) is 27.2 Å². The largest absolute Gasteiger partial charge is 0.480 e. The molecular weight excluding hydrogens is 210 g/mol. The third-order valence-corrected chi connectivity index (χ3v) is 2.04. The molecule has 2 atom stereocenters. The van der Waals surface area contributed by atoms with Crippen LogP contribution in [0, 0.1) is 0 Å². The van der Waals surface area contributed by atoms with Gasteiger partial charge in [-0.25, -0.2) is 0 Å². The maximum atomic E-state index is 10.9. The van der Waals surface area contributed by atoms with Gasteiger partial charge in [-0.1, -0.05) is 13.8 Å². The van der Waals surface area contributed by atoms with Gasteiger partial charge in [0.15, 0.2) is 0 Å². The number of carboxylic acid groups (broad SMARTS) is 1. The fourth-order valence-electron chi connectivity index (χ4n) is 1.35. The van der Waals surface area contributed by atoms with Gasteiger partial charge in [-0.3, -0.25) is 4.79 Å². The molecule has 5 heteroatoms. The lowest BCUT2D eigenvalue weighted by Crippen LogP contribution is -2.41. The number of hydrogen-bond acceptors (Lipinski definition) is 4. The van der Waals surface area contributed by atoms with E-state index in [1.165, 1.54) is 0 Å². The molecule has 0 saturated carbocycles. The predicted octanol–water partition coefficient (Wildman–Crippen LogP) is 0.879. The van der Waals surface area contributed by atoms with Crippen LogP contribution in [-0.4, -0.2) is 49.6 Å². The molecule has 2 unspecified atom stereocenters. The summed E-state index contributed by atoms with van der Waals surface area (Å²) in [6.45, 7) is 6.68. The smallest absolute Gasteiger partial charge is 0.320 e. The van der Waals surface area contributed by atoms with Gasteiger partial charge in [0.25, 0.3) is 0 Å². The summed E-state index contributed by atoms with van der Waals surface area (Å²) >= 11 is 0.